The third-order valence-electron chi connectivity index (χ3n) is 4.27. The van der Waals surface area contributed by atoms with Crippen LogP contribution in [0.3, 0.4) is 0 Å². The summed E-state index contributed by atoms with van der Waals surface area (Å²) in [7, 11) is 1.41. The molecule has 1 aromatic heterocycles. The van der Waals surface area contributed by atoms with Gasteiger partial charge >= 0.3 is 0 Å². The van der Waals surface area contributed by atoms with Gasteiger partial charge in [-0.15, -0.1) is 0 Å². The van der Waals surface area contributed by atoms with Gasteiger partial charge in [0.1, 0.15) is 11.4 Å². The van der Waals surface area contributed by atoms with Crippen molar-refractivity contribution in [2.24, 2.45) is 0 Å². The van der Waals surface area contributed by atoms with Crippen LogP contribution in [0.15, 0.2) is 35.3 Å². The van der Waals surface area contributed by atoms with Crippen molar-refractivity contribution < 1.29 is 14.0 Å². The van der Waals surface area contributed by atoms with Crippen molar-refractivity contribution in [1.29, 1.82) is 0 Å². The SMILES string of the molecule is CNC(=O)c1cc(C(=O)NC2CC2)cn(Cc2cc(C)ccc2F)c1=O. The van der Waals surface area contributed by atoms with Gasteiger partial charge in [-0.25, -0.2) is 4.39 Å². The van der Waals surface area contributed by atoms with Gasteiger partial charge < -0.3 is 15.2 Å². The number of nitrogens with zero attached hydrogens (tertiary/aromatic N) is 1. The van der Waals surface area contributed by atoms with E-state index in [0.717, 1.165) is 18.4 Å². The molecule has 0 radical (unpaired) electrons. The lowest BCUT2D eigenvalue weighted by atomic mass is 10.1. The van der Waals surface area contributed by atoms with Gasteiger partial charge in [-0.1, -0.05) is 17.7 Å². The zero-order valence-corrected chi connectivity index (χ0v) is 14.6. The molecule has 1 aliphatic rings. The number of pyridine rings is 1. The van der Waals surface area contributed by atoms with Crippen LogP contribution in [0, 0.1) is 12.7 Å². The molecule has 3 rings (SSSR count). The monoisotopic (exact) mass is 357 g/mol. The smallest absolute Gasteiger partial charge is 0.263 e. The minimum Gasteiger partial charge on any atom is -0.355 e. The van der Waals surface area contributed by atoms with Gasteiger partial charge in [-0.05, 0) is 31.9 Å². The minimum absolute atomic E-state index is 0.0686. The van der Waals surface area contributed by atoms with Crippen molar-refractivity contribution in [3.63, 3.8) is 0 Å². The summed E-state index contributed by atoms with van der Waals surface area (Å²) >= 11 is 0. The molecule has 0 saturated heterocycles. The lowest BCUT2D eigenvalue weighted by Gasteiger charge is -2.12. The van der Waals surface area contributed by atoms with Crippen LogP contribution in [-0.4, -0.2) is 29.5 Å². The minimum atomic E-state index is -0.588. The number of nitrogens with one attached hydrogen (secondary N) is 2. The number of halogens is 1. The van der Waals surface area contributed by atoms with Crippen molar-refractivity contribution in [2.45, 2.75) is 32.4 Å². The molecule has 1 fully saturated rings. The molecule has 2 aromatic rings. The van der Waals surface area contributed by atoms with Gasteiger partial charge in [-0.3, -0.25) is 14.4 Å². The van der Waals surface area contributed by atoms with Crippen LogP contribution < -0.4 is 16.2 Å². The van der Waals surface area contributed by atoms with E-state index in [0.29, 0.717) is 5.56 Å². The Morgan fingerprint density at radius 2 is 1.96 bits per heavy atom. The fourth-order valence-electron chi connectivity index (χ4n) is 2.68. The van der Waals surface area contributed by atoms with E-state index in [1.54, 1.807) is 12.1 Å². The highest BCUT2D eigenvalue weighted by molar-refractivity contribution is 5.99. The second-order valence-corrected chi connectivity index (χ2v) is 6.50. The van der Waals surface area contributed by atoms with Crippen LogP contribution in [0.1, 0.15) is 44.7 Å². The van der Waals surface area contributed by atoms with Gasteiger partial charge in [0.15, 0.2) is 0 Å². The number of carbonyl (C=O) groups is 2. The number of benzene rings is 1. The molecule has 0 aliphatic heterocycles. The van der Waals surface area contributed by atoms with Gasteiger partial charge in [0.25, 0.3) is 17.4 Å². The first-order valence-corrected chi connectivity index (χ1v) is 8.41. The lowest BCUT2D eigenvalue weighted by Crippen LogP contribution is -2.34. The molecule has 0 spiro atoms. The van der Waals surface area contributed by atoms with Gasteiger partial charge in [0.2, 0.25) is 0 Å². The quantitative estimate of drug-likeness (QED) is 0.853. The topological polar surface area (TPSA) is 80.2 Å². The average molecular weight is 357 g/mol. The highest BCUT2D eigenvalue weighted by atomic mass is 19.1. The van der Waals surface area contributed by atoms with Crippen LogP contribution >= 0.6 is 0 Å². The molecule has 2 N–H and O–H groups in total. The van der Waals surface area contributed by atoms with Crippen LogP contribution in [-0.2, 0) is 6.54 Å². The predicted molar refractivity (Wildman–Crippen MR) is 94.8 cm³/mol. The highest BCUT2D eigenvalue weighted by Crippen LogP contribution is 2.19. The Bertz CT molecular complexity index is 932. The van der Waals surface area contributed by atoms with Crippen molar-refractivity contribution in [1.82, 2.24) is 15.2 Å². The first-order valence-electron chi connectivity index (χ1n) is 8.41. The standard InChI is InChI=1S/C19H20FN3O3/c1-11-3-6-16(20)12(7-11)9-23-10-13(17(24)22-14-4-5-14)8-15(19(23)26)18(25)21-2/h3,6-8,10,14H,4-5,9H2,1-2H3,(H,21,25)(H,22,24). The maximum Gasteiger partial charge on any atom is 0.263 e. The van der Waals surface area contributed by atoms with E-state index < -0.39 is 17.3 Å². The zero-order valence-electron chi connectivity index (χ0n) is 14.6. The van der Waals surface area contributed by atoms with E-state index in [4.69, 9.17) is 0 Å². The van der Waals surface area contributed by atoms with E-state index in [9.17, 15) is 18.8 Å². The number of carbonyl (C=O) groups excluding carboxylic acids is 2. The molecule has 26 heavy (non-hydrogen) atoms. The first kappa shape index (κ1) is 17.8. The Kier molecular flexibility index (Phi) is 4.88. The molecule has 0 bridgehead atoms. The summed E-state index contributed by atoms with van der Waals surface area (Å²) in [4.78, 5) is 37.0. The molecule has 136 valence electrons. The van der Waals surface area contributed by atoms with Crippen molar-refractivity contribution in [3.8, 4) is 0 Å². The van der Waals surface area contributed by atoms with E-state index >= 15 is 0 Å². The summed E-state index contributed by atoms with van der Waals surface area (Å²) in [5, 5.41) is 5.22. The number of aryl methyl sites for hydroxylation is 1. The number of hydrogen-bond donors (Lipinski definition) is 2. The maximum absolute atomic E-state index is 14.1. The average Bonchev–Trinajstić information content (AvgIpc) is 3.43. The number of rotatable bonds is 5. The maximum atomic E-state index is 14.1. The fourth-order valence-corrected chi connectivity index (χ4v) is 2.68. The van der Waals surface area contributed by atoms with E-state index in [2.05, 4.69) is 10.6 Å². The summed E-state index contributed by atoms with van der Waals surface area (Å²) in [5.74, 6) is -1.39. The summed E-state index contributed by atoms with van der Waals surface area (Å²) in [6.07, 6.45) is 3.21. The molecule has 1 aliphatic carbocycles. The summed E-state index contributed by atoms with van der Waals surface area (Å²) in [6.45, 7) is 1.75. The van der Waals surface area contributed by atoms with Crippen LogP contribution in [0.5, 0.6) is 0 Å². The van der Waals surface area contributed by atoms with E-state index in [1.807, 2.05) is 6.92 Å². The second-order valence-electron chi connectivity index (χ2n) is 6.50. The number of aromatic nitrogens is 1. The summed E-state index contributed by atoms with van der Waals surface area (Å²) in [5.41, 5.74) is 0.638. The first-order chi connectivity index (χ1) is 12.4. The van der Waals surface area contributed by atoms with Crippen molar-refractivity contribution in [2.75, 3.05) is 7.05 Å². The normalized spacial score (nSPS) is 13.3. The second kappa shape index (κ2) is 7.11. The highest BCUT2D eigenvalue weighted by Gasteiger charge is 2.25. The van der Waals surface area contributed by atoms with Crippen LogP contribution in [0.25, 0.3) is 0 Å². The number of amides is 2. The molecule has 2 amide bonds. The molecule has 0 unspecified atom stereocenters. The largest absolute Gasteiger partial charge is 0.355 e. The lowest BCUT2D eigenvalue weighted by molar-refractivity contribution is 0.0950. The van der Waals surface area contributed by atoms with Crippen LogP contribution in [0.4, 0.5) is 4.39 Å². The molecule has 1 saturated carbocycles. The Balaban J connectivity index is 2.04. The number of hydrogen-bond acceptors (Lipinski definition) is 3. The van der Waals surface area contributed by atoms with Crippen molar-refractivity contribution in [3.05, 3.63) is 68.9 Å². The molecule has 7 heteroatoms. The fraction of sp³-hybridized carbons (Fsp3) is 0.316. The third-order valence-corrected chi connectivity index (χ3v) is 4.27. The Morgan fingerprint density at radius 1 is 1.23 bits per heavy atom. The molecule has 1 heterocycles. The van der Waals surface area contributed by atoms with Gasteiger partial charge in [0, 0.05) is 24.8 Å². The third kappa shape index (κ3) is 3.82. The zero-order chi connectivity index (χ0) is 18.8. The van der Waals surface area contributed by atoms with E-state index in [1.165, 1.54) is 29.9 Å². The molecule has 1 aromatic carbocycles. The van der Waals surface area contributed by atoms with E-state index in [-0.39, 0.29) is 29.6 Å². The summed E-state index contributed by atoms with van der Waals surface area (Å²) < 4.78 is 15.3. The van der Waals surface area contributed by atoms with Gasteiger partial charge in [0.05, 0.1) is 12.1 Å². The van der Waals surface area contributed by atoms with Gasteiger partial charge in [-0.2, -0.15) is 0 Å². The molecular formula is C19H20FN3O3. The molecule has 6 nitrogen and oxygen atoms in total. The molecule has 0 atom stereocenters. The Hall–Kier alpha value is -2.96. The van der Waals surface area contributed by atoms with Crippen molar-refractivity contribution >= 4 is 11.8 Å². The van der Waals surface area contributed by atoms with Crippen LogP contribution in [0.2, 0.25) is 0 Å². The Labute approximate surface area is 150 Å². The molecular weight excluding hydrogens is 337 g/mol. The summed E-state index contributed by atoms with van der Waals surface area (Å²) in [6, 6.07) is 6.02. The predicted octanol–water partition coefficient (Wildman–Crippen LogP) is 1.60. The Morgan fingerprint density at radius 3 is 2.62 bits per heavy atom.